The molecule has 0 spiro atoms. The van der Waals surface area contributed by atoms with Crippen molar-refractivity contribution in [3.8, 4) is 0 Å². The van der Waals surface area contributed by atoms with Gasteiger partial charge in [0.15, 0.2) is 0 Å². The highest BCUT2D eigenvalue weighted by molar-refractivity contribution is 5.67. The predicted octanol–water partition coefficient (Wildman–Crippen LogP) is 3.07. The van der Waals surface area contributed by atoms with Gasteiger partial charge in [0.05, 0.1) is 0 Å². The molecule has 23 heavy (non-hydrogen) atoms. The summed E-state index contributed by atoms with van der Waals surface area (Å²) in [6.45, 7) is 1.08. The van der Waals surface area contributed by atoms with Gasteiger partial charge in [0, 0.05) is 12.6 Å². The standard InChI is InChI=1S/C19H26N2O2/c20-17-15-6-14-7-16(17)10-19(8-14,9-15)12-21-18(22)23-11-13-4-2-1-3-5-13/h1-5,14-17H,6-12,20H2,(H,21,22)/t14?,15-,16+,17+,19?. The Morgan fingerprint density at radius 1 is 1.17 bits per heavy atom. The SMILES string of the molecule is N[C@H]1[C@@H]2CC3C[C@H]1CC(CNC(=O)OCc1ccccc1)(C3)C2. The van der Waals surface area contributed by atoms with Gasteiger partial charge in [-0.1, -0.05) is 30.3 Å². The fourth-order valence-electron chi connectivity index (χ4n) is 5.48. The monoisotopic (exact) mass is 314 g/mol. The van der Waals surface area contributed by atoms with E-state index in [4.69, 9.17) is 10.5 Å². The fourth-order valence-corrected chi connectivity index (χ4v) is 5.48. The minimum Gasteiger partial charge on any atom is -0.445 e. The number of alkyl carbamates (subject to hydrolysis) is 1. The van der Waals surface area contributed by atoms with E-state index in [-0.39, 0.29) is 11.5 Å². The number of ether oxygens (including phenoxy) is 1. The molecule has 1 aromatic rings. The van der Waals surface area contributed by atoms with E-state index in [1.165, 1.54) is 32.1 Å². The van der Waals surface area contributed by atoms with Crippen LogP contribution in [0.1, 0.15) is 37.7 Å². The number of rotatable bonds is 4. The average molecular weight is 314 g/mol. The first-order valence-electron chi connectivity index (χ1n) is 8.84. The highest BCUT2D eigenvalue weighted by Crippen LogP contribution is 2.59. The summed E-state index contributed by atoms with van der Waals surface area (Å²) >= 11 is 0. The largest absolute Gasteiger partial charge is 0.445 e. The quantitative estimate of drug-likeness (QED) is 0.897. The van der Waals surface area contributed by atoms with Crippen molar-refractivity contribution < 1.29 is 9.53 Å². The van der Waals surface area contributed by atoms with Crippen LogP contribution in [0.5, 0.6) is 0 Å². The summed E-state index contributed by atoms with van der Waals surface area (Å²) in [7, 11) is 0. The molecule has 2 unspecified atom stereocenters. The maximum atomic E-state index is 12.0. The average Bonchev–Trinajstić information content (AvgIpc) is 2.56. The molecule has 1 amide bonds. The molecule has 0 saturated heterocycles. The highest BCUT2D eigenvalue weighted by atomic mass is 16.5. The molecule has 4 saturated carbocycles. The summed E-state index contributed by atoms with van der Waals surface area (Å²) in [5, 5.41) is 3.02. The molecule has 4 bridgehead atoms. The Balaban J connectivity index is 1.30. The van der Waals surface area contributed by atoms with Crippen LogP contribution in [-0.4, -0.2) is 18.7 Å². The molecular formula is C19H26N2O2. The minimum absolute atomic E-state index is 0.276. The Bertz CT molecular complexity index is 558. The van der Waals surface area contributed by atoms with Crippen molar-refractivity contribution >= 4 is 6.09 Å². The third kappa shape index (κ3) is 2.97. The lowest BCUT2D eigenvalue weighted by atomic mass is 9.48. The van der Waals surface area contributed by atoms with E-state index < -0.39 is 0 Å². The molecule has 0 heterocycles. The molecule has 0 radical (unpaired) electrons. The number of hydrogen-bond donors (Lipinski definition) is 2. The van der Waals surface area contributed by atoms with E-state index in [1.807, 2.05) is 30.3 Å². The zero-order valence-corrected chi connectivity index (χ0v) is 13.5. The molecule has 1 aromatic carbocycles. The zero-order chi connectivity index (χ0) is 15.9. The van der Waals surface area contributed by atoms with Crippen LogP contribution in [0.15, 0.2) is 30.3 Å². The van der Waals surface area contributed by atoms with Gasteiger partial charge in [0.2, 0.25) is 0 Å². The highest BCUT2D eigenvalue weighted by Gasteiger charge is 2.54. The first kappa shape index (κ1) is 15.0. The van der Waals surface area contributed by atoms with Crippen LogP contribution < -0.4 is 11.1 Å². The molecule has 3 N–H and O–H groups in total. The lowest BCUT2D eigenvalue weighted by molar-refractivity contribution is -0.0649. The van der Waals surface area contributed by atoms with E-state index in [1.54, 1.807) is 0 Å². The minimum atomic E-state index is -0.297. The van der Waals surface area contributed by atoms with Gasteiger partial charge in [0.1, 0.15) is 6.61 Å². The molecular weight excluding hydrogens is 288 g/mol. The second-order valence-electron chi connectivity index (χ2n) is 7.96. The first-order valence-corrected chi connectivity index (χ1v) is 8.84. The van der Waals surface area contributed by atoms with Gasteiger partial charge in [-0.3, -0.25) is 0 Å². The van der Waals surface area contributed by atoms with Crippen LogP contribution in [-0.2, 0) is 11.3 Å². The zero-order valence-electron chi connectivity index (χ0n) is 13.5. The maximum Gasteiger partial charge on any atom is 0.407 e. The van der Waals surface area contributed by atoms with Crippen LogP contribution in [0.3, 0.4) is 0 Å². The Kier molecular flexibility index (Phi) is 3.80. The summed E-state index contributed by atoms with van der Waals surface area (Å²) in [5.74, 6) is 2.17. The summed E-state index contributed by atoms with van der Waals surface area (Å²) in [6, 6.07) is 10.2. The number of carbonyl (C=O) groups is 1. The van der Waals surface area contributed by atoms with Crippen molar-refractivity contribution in [3.63, 3.8) is 0 Å². The van der Waals surface area contributed by atoms with Gasteiger partial charge in [-0.2, -0.15) is 0 Å². The van der Waals surface area contributed by atoms with Crippen LogP contribution in [0.2, 0.25) is 0 Å². The molecule has 4 fully saturated rings. The number of benzene rings is 1. The molecule has 4 aliphatic rings. The molecule has 4 aliphatic carbocycles. The molecule has 5 atom stereocenters. The maximum absolute atomic E-state index is 12.0. The van der Waals surface area contributed by atoms with Gasteiger partial charge in [-0.15, -0.1) is 0 Å². The lowest BCUT2D eigenvalue weighted by Gasteiger charge is -2.59. The molecule has 0 aliphatic heterocycles. The van der Waals surface area contributed by atoms with Gasteiger partial charge in [-0.05, 0) is 60.8 Å². The van der Waals surface area contributed by atoms with Crippen molar-refractivity contribution in [2.24, 2.45) is 28.9 Å². The van der Waals surface area contributed by atoms with Crippen molar-refractivity contribution in [2.75, 3.05) is 6.54 Å². The Morgan fingerprint density at radius 2 is 1.87 bits per heavy atom. The second kappa shape index (κ2) is 5.82. The van der Waals surface area contributed by atoms with Crippen LogP contribution >= 0.6 is 0 Å². The van der Waals surface area contributed by atoms with E-state index >= 15 is 0 Å². The summed E-state index contributed by atoms with van der Waals surface area (Å²) in [5.41, 5.74) is 7.67. The molecule has 4 nitrogen and oxygen atoms in total. The van der Waals surface area contributed by atoms with E-state index in [9.17, 15) is 4.79 Å². The molecule has 0 aromatic heterocycles. The normalized spacial score (nSPS) is 37.6. The number of nitrogens with two attached hydrogens (primary N) is 1. The molecule has 124 valence electrons. The summed E-state index contributed by atoms with van der Waals surface area (Å²) in [4.78, 5) is 12.0. The van der Waals surface area contributed by atoms with Crippen LogP contribution in [0, 0.1) is 23.2 Å². The van der Waals surface area contributed by atoms with Crippen molar-refractivity contribution in [1.29, 1.82) is 0 Å². The third-order valence-electron chi connectivity index (χ3n) is 6.29. The Labute approximate surface area is 137 Å². The van der Waals surface area contributed by atoms with Gasteiger partial charge in [0.25, 0.3) is 0 Å². The third-order valence-corrected chi connectivity index (χ3v) is 6.29. The summed E-state index contributed by atoms with van der Waals surface area (Å²) < 4.78 is 5.34. The van der Waals surface area contributed by atoms with Gasteiger partial charge < -0.3 is 15.8 Å². The molecule has 5 rings (SSSR count). The number of amides is 1. The first-order chi connectivity index (χ1) is 11.1. The molecule has 4 heteroatoms. The fraction of sp³-hybridized carbons (Fsp3) is 0.632. The number of nitrogens with one attached hydrogen (secondary N) is 1. The van der Waals surface area contributed by atoms with Crippen LogP contribution in [0.25, 0.3) is 0 Å². The Morgan fingerprint density at radius 3 is 2.57 bits per heavy atom. The van der Waals surface area contributed by atoms with Crippen molar-refractivity contribution in [1.82, 2.24) is 5.32 Å². The summed E-state index contributed by atoms with van der Waals surface area (Å²) in [6.07, 6.45) is 5.93. The van der Waals surface area contributed by atoms with Crippen molar-refractivity contribution in [3.05, 3.63) is 35.9 Å². The topological polar surface area (TPSA) is 64.3 Å². The predicted molar refractivity (Wildman–Crippen MR) is 88.6 cm³/mol. The van der Waals surface area contributed by atoms with Gasteiger partial charge >= 0.3 is 6.09 Å². The van der Waals surface area contributed by atoms with Crippen molar-refractivity contribution in [2.45, 2.75) is 44.8 Å². The van der Waals surface area contributed by atoms with Gasteiger partial charge in [-0.25, -0.2) is 4.79 Å². The van der Waals surface area contributed by atoms with E-state index in [0.29, 0.717) is 24.5 Å². The second-order valence-corrected chi connectivity index (χ2v) is 7.96. The van der Waals surface area contributed by atoms with E-state index in [0.717, 1.165) is 18.0 Å². The number of hydrogen-bond acceptors (Lipinski definition) is 3. The lowest BCUT2D eigenvalue weighted by Crippen LogP contribution is -2.59. The smallest absolute Gasteiger partial charge is 0.407 e. The van der Waals surface area contributed by atoms with Crippen LogP contribution in [0.4, 0.5) is 4.79 Å². The Hall–Kier alpha value is -1.55. The number of carbonyl (C=O) groups excluding carboxylic acids is 1. The van der Waals surface area contributed by atoms with E-state index in [2.05, 4.69) is 5.32 Å².